The maximum atomic E-state index is 9.79. The van der Waals surface area contributed by atoms with Crippen LogP contribution in [0.3, 0.4) is 0 Å². The molecular formula is C86H162N17O21Y6-11. The van der Waals surface area contributed by atoms with E-state index in [0.717, 1.165) is 81.4 Å². The minimum atomic E-state index is -0.622. The second-order valence-corrected chi connectivity index (χ2v) is 28.3. The van der Waals surface area contributed by atoms with Gasteiger partial charge in [0, 0.05) is 305 Å². The molecule has 10 heterocycles. The zero-order valence-electron chi connectivity index (χ0n) is 80.9. The van der Waals surface area contributed by atoms with Crippen molar-refractivity contribution in [1.29, 1.82) is 0 Å². The molecule has 0 bridgehead atoms. The fourth-order valence-corrected chi connectivity index (χ4v) is 11.9. The first-order chi connectivity index (χ1) is 57.6. The fourth-order valence-electron chi connectivity index (χ4n) is 11.9. The van der Waals surface area contributed by atoms with Crippen molar-refractivity contribution >= 4 is 0 Å². The Morgan fingerprint density at radius 2 is 0.792 bits per heavy atom. The summed E-state index contributed by atoms with van der Waals surface area (Å²) in [5, 5.41) is 101. The molecule has 24 atom stereocenters. The van der Waals surface area contributed by atoms with E-state index in [1.54, 1.807) is 49.5 Å². The molecule has 6 aliphatic heterocycles. The van der Waals surface area contributed by atoms with E-state index in [-0.39, 0.29) is 284 Å². The molecule has 0 amide bonds. The van der Waals surface area contributed by atoms with Gasteiger partial charge < -0.3 is 172 Å². The van der Waals surface area contributed by atoms with Crippen molar-refractivity contribution in [3.05, 3.63) is 135 Å². The van der Waals surface area contributed by atoms with Gasteiger partial charge in [-0.15, -0.1) is 27.0 Å². The zero-order chi connectivity index (χ0) is 94.6. The molecule has 8 N–H and O–H groups in total. The molecule has 6 saturated heterocycles. The number of ether oxygens (including phenoxy) is 12. The van der Waals surface area contributed by atoms with Crippen LogP contribution in [0.4, 0.5) is 0 Å². The van der Waals surface area contributed by atoms with Gasteiger partial charge in [0.25, 0.3) is 0 Å². The Morgan fingerprint density at radius 3 is 0.938 bits per heavy atom. The third-order valence-corrected chi connectivity index (χ3v) is 18.2. The Kier molecular flexibility index (Phi) is 111. The fraction of sp³-hybridized carbons (Fsp3) is 0.709. The molecular weight excluding hydrogens is 2140 g/mol. The van der Waals surface area contributed by atoms with E-state index in [9.17, 15) is 30.6 Å². The predicted molar refractivity (Wildman–Crippen MR) is 478 cm³/mol. The quantitative estimate of drug-likeness (QED) is 0.0305. The van der Waals surface area contributed by atoms with Crippen molar-refractivity contribution in [2.45, 2.75) is 316 Å². The van der Waals surface area contributed by atoms with Gasteiger partial charge in [-0.05, 0) is 171 Å². The van der Waals surface area contributed by atoms with Crippen LogP contribution < -0.4 is 5.32 Å². The summed E-state index contributed by atoms with van der Waals surface area (Å²) < 4.78 is 73.4. The van der Waals surface area contributed by atoms with E-state index in [4.69, 9.17) is 66.6 Å². The molecule has 6 fully saturated rings. The number of nitrogens with zero attached hydrogens (tertiary/aromatic N) is 16. The van der Waals surface area contributed by atoms with Crippen molar-refractivity contribution in [2.24, 2.45) is 0 Å². The van der Waals surface area contributed by atoms with Crippen LogP contribution in [0.15, 0.2) is 21.4 Å². The Bertz CT molecular complexity index is 2980. The van der Waals surface area contributed by atoms with Crippen molar-refractivity contribution < 1.29 is 298 Å². The van der Waals surface area contributed by atoms with Gasteiger partial charge >= 0.3 is 6.07 Å². The minimum absolute atomic E-state index is 0. The largest absolute Gasteiger partial charge is 0.457 e. The number of hydrogen-bond donors (Lipinski definition) is 8. The first kappa shape index (κ1) is 155. The number of aryl methyl sites for hydroxylation is 4. The standard InChI is InChI=1S/5C9H18NO3.C8H17NO3.2C6H8NO.2C4H7N4.C3H5NO.2C3H3.C2H5.2CH4.6Y/c5*1-6-5-7(10(2)3)8(11)9(12-4)13-6;1-5-4-6(9-2)7(10)8(11-3)12-5;1-3-6-5(2)4-8-7-6;1-3-6-4-5(2)8-7-6;1-3-8-4(2)5-6-7-8;1-3-8-6-4(2)5-7-8;1-2-3-4-5;2*1-3-2;1-2;;;;;;;;/h5*6-9,11H,2,5H2,1,3-4H3;5-10H,4H2,1-3H3;2*4H,2-3H2,1H3;2*2-3H2,1H3;2H2,1H3;2*1H,2H2;1H2,2H3;2*1H4;;;;;;/q5*-1;;4*-1;;3*-1;;;;;;;;/p+1/t5*6-,7+,8-,9-;5-,6+,7-,8-;;;;;;;;;;;;;;;;/m111111................/s1. The number of rotatable bonds is 16. The summed E-state index contributed by atoms with van der Waals surface area (Å²) in [5.41, 5.74) is 2.81. The Morgan fingerprint density at radius 1 is 0.492 bits per heavy atom. The van der Waals surface area contributed by atoms with Gasteiger partial charge in [-0.1, -0.05) is 40.3 Å². The Balaban J connectivity index is -0.000000117. The summed E-state index contributed by atoms with van der Waals surface area (Å²) in [6.07, 6.45) is 11.5. The van der Waals surface area contributed by atoms with E-state index in [1.807, 2.05) is 136 Å². The molecule has 44 heteroatoms. The van der Waals surface area contributed by atoms with Gasteiger partial charge in [-0.3, -0.25) is 39.9 Å². The maximum absolute atomic E-state index is 9.79. The summed E-state index contributed by atoms with van der Waals surface area (Å²) in [4.78, 5) is 10.3. The number of methoxy groups -OCH3 is 6. The molecule has 0 aliphatic carbocycles. The summed E-state index contributed by atoms with van der Waals surface area (Å²) in [7, 11) is 39.2. The molecule has 0 unspecified atom stereocenters. The first-order valence-electron chi connectivity index (χ1n) is 40.0. The number of aliphatic hydroxyl groups is 6. The number of tetrazole rings is 2. The molecule has 4 aromatic heterocycles. The minimum Gasteiger partial charge on any atom is -0.457 e. The van der Waals surface area contributed by atoms with E-state index >= 15 is 0 Å². The number of hydrogen-bond acceptors (Lipinski definition) is 35. The summed E-state index contributed by atoms with van der Waals surface area (Å²) in [5.74, 6) is 5.74. The van der Waals surface area contributed by atoms with Crippen molar-refractivity contribution in [2.75, 3.05) is 84.9 Å². The molecule has 6 aliphatic rings. The Hall–Kier alpha value is -0.147. The van der Waals surface area contributed by atoms with Gasteiger partial charge in [0.15, 0.2) is 37.7 Å². The summed E-state index contributed by atoms with van der Waals surface area (Å²) in [6, 6.07) is 4.23. The van der Waals surface area contributed by atoms with E-state index < -0.39 is 74.4 Å². The maximum Gasteiger partial charge on any atom is 0.349 e. The van der Waals surface area contributed by atoms with E-state index in [1.165, 1.54) is 40.3 Å². The molecule has 0 saturated carbocycles. The molecule has 0 spiro atoms. The molecule has 38 nitrogen and oxygen atoms in total. The van der Waals surface area contributed by atoms with Crippen LogP contribution in [-0.4, -0.2) is 343 Å². The number of likely N-dealkylation sites (N-methyl/N-ethyl adjacent to an activating group) is 6. The zero-order valence-corrected chi connectivity index (χ0v) is 97.9. The van der Waals surface area contributed by atoms with Crippen LogP contribution in [-0.2, 0) is 279 Å². The summed E-state index contributed by atoms with van der Waals surface area (Å²) in [6.45, 7) is 48.5. The number of aliphatic hydroxyl groups excluding tert-OH is 6. The molecule has 746 valence electrons. The predicted octanol–water partition coefficient (Wildman–Crippen LogP) is 7.53. The van der Waals surface area contributed by atoms with Crippen molar-refractivity contribution in [1.82, 2.24) is 80.5 Å². The molecule has 4 aromatic rings. The number of terminal acetylenes is 2. The summed E-state index contributed by atoms with van der Waals surface area (Å²) >= 11 is 0. The van der Waals surface area contributed by atoms with Crippen LogP contribution in [0.2, 0.25) is 0 Å². The van der Waals surface area contributed by atoms with Crippen LogP contribution in [0.1, 0.15) is 177 Å². The average Bonchev–Trinajstić information content (AvgIpc) is 1.27. The van der Waals surface area contributed by atoms with Gasteiger partial charge in [0.2, 0.25) is 5.01 Å². The van der Waals surface area contributed by atoms with Crippen LogP contribution >= 0.6 is 0 Å². The van der Waals surface area contributed by atoms with E-state index in [2.05, 4.69) is 159 Å². The molecule has 0 aromatic carbocycles. The number of nitrogens with one attached hydrogen (secondary N) is 1. The van der Waals surface area contributed by atoms with E-state index in [0.29, 0.717) is 23.8 Å². The third kappa shape index (κ3) is 65.0. The second kappa shape index (κ2) is 92.6. The molecule has 10 rings (SSSR count). The second-order valence-electron chi connectivity index (χ2n) is 28.3. The number of aromatic nitrogens is 10. The topological polar surface area (TPSA) is 424 Å². The van der Waals surface area contributed by atoms with Crippen molar-refractivity contribution in [3.63, 3.8) is 0 Å². The monoisotopic (exact) mass is 2300 g/mol. The van der Waals surface area contributed by atoms with Crippen LogP contribution in [0.25, 0.3) is 5.01 Å². The van der Waals surface area contributed by atoms with Gasteiger partial charge in [-0.25, -0.2) is 6.92 Å². The van der Waals surface area contributed by atoms with Crippen molar-refractivity contribution in [3.8, 4) is 30.8 Å². The Labute approximate surface area is 934 Å². The molecule has 130 heavy (non-hydrogen) atoms. The van der Waals surface area contributed by atoms with Gasteiger partial charge in [0.05, 0.1) is 49.6 Å². The molecule has 6 radical (unpaired) electrons. The smallest absolute Gasteiger partial charge is 0.349 e. The van der Waals surface area contributed by atoms with Crippen LogP contribution in [0.5, 0.6) is 0 Å². The normalized spacial score (nSPS) is 27.2. The van der Waals surface area contributed by atoms with Crippen LogP contribution in [0, 0.1) is 114 Å². The SMILES string of the molecule is C.C.C#C[CH2-].C#C[CH2-].CCC#[N+]O.CN[C@H]1C[C@@H](C)O[C@@H](OC)[C@@H]1O.[CH2-]C.[CH2-]N(C)[C@H]1C[C@@H](C)O[C@@H](OC)[C@@H]1O.[CH2-]N(C)[C@H]1C[C@@H](C)O[C@@H](OC)[C@@H]1O.[CH2-]N(C)[C@H]1C[C@@H](C)O[C@@H](OC)[C@@H]1O.[CH2-]N(C)[C@H]1C[C@@H](C)O[C@@H](OC)[C@@H]1O.[CH2-]N(C)[C@H]1C[C@@H](C)O[C@@H](OC)[C@@H]1O.[CH2-]c1cc(CC)no1.[CH2-]c1conc1CC.[CH2-]c1nnn(CC)n1.[CH2-]c1nnnn1CC.[Y].[Y].[Y].[Y].[Y].[Y]. The third-order valence-electron chi connectivity index (χ3n) is 18.2. The van der Waals surface area contributed by atoms with Gasteiger partial charge in [0.1, 0.15) is 36.6 Å². The average molecular weight is 2300 g/mol. The first-order valence-corrected chi connectivity index (χ1v) is 40.0. The van der Waals surface area contributed by atoms with Gasteiger partial charge in [-0.2, -0.15) is 48.0 Å².